The maximum Gasteiger partial charge on any atom is 0.0594 e. The average Bonchev–Trinajstić information content (AvgIpc) is 3.13. The predicted molar refractivity (Wildman–Crippen MR) is 164 cm³/mol. The highest BCUT2D eigenvalue weighted by Crippen LogP contribution is 2.72. The molecule has 0 spiro atoms. The van der Waals surface area contributed by atoms with E-state index in [1.165, 1.54) is 61.8 Å². The second kappa shape index (κ2) is 10.1. The first-order valence-corrected chi connectivity index (χ1v) is 16.5. The monoisotopic (exact) mass is 534 g/mol. The van der Waals surface area contributed by atoms with Crippen LogP contribution in [0.4, 0.5) is 0 Å². The van der Waals surface area contributed by atoms with Gasteiger partial charge in [0.1, 0.15) is 0 Å². The minimum absolute atomic E-state index is 0.0241. The summed E-state index contributed by atoms with van der Waals surface area (Å²) in [5, 5.41) is 11.5. The van der Waals surface area contributed by atoms with E-state index in [0.717, 1.165) is 18.3 Å². The third-order valence-electron chi connectivity index (χ3n) is 12.6. The van der Waals surface area contributed by atoms with Gasteiger partial charge in [-0.1, -0.05) is 82.5 Å². The van der Waals surface area contributed by atoms with Crippen molar-refractivity contribution in [2.45, 2.75) is 129 Å². The lowest BCUT2D eigenvalue weighted by Gasteiger charge is -2.62. The van der Waals surface area contributed by atoms with Gasteiger partial charge >= 0.3 is 0 Å². The predicted octanol–water partition coefficient (Wildman–Crippen LogP) is 10.2. The number of thioether (sulfide) groups is 1. The molecule has 210 valence electrons. The molecule has 0 aromatic heterocycles. The fraction of sp³-hybridized carbons (Fsp3) is 0.722. The first kappa shape index (κ1) is 28.5. The summed E-state index contributed by atoms with van der Waals surface area (Å²) in [6.45, 7) is 19.7. The Labute approximate surface area is 238 Å². The van der Waals surface area contributed by atoms with Crippen LogP contribution < -0.4 is 0 Å². The lowest BCUT2D eigenvalue weighted by Crippen LogP contribution is -2.55. The van der Waals surface area contributed by atoms with E-state index in [1.807, 2.05) is 11.1 Å². The summed E-state index contributed by atoms with van der Waals surface area (Å²) >= 11 is 2.06. The highest BCUT2D eigenvalue weighted by molar-refractivity contribution is 8.00. The van der Waals surface area contributed by atoms with E-state index in [9.17, 15) is 5.11 Å². The number of hydrogen-bond acceptors (Lipinski definition) is 2. The van der Waals surface area contributed by atoms with E-state index >= 15 is 0 Å². The molecule has 0 bridgehead atoms. The molecule has 4 aliphatic rings. The summed E-state index contributed by atoms with van der Waals surface area (Å²) in [4.78, 5) is 1.39. The molecule has 5 rings (SSSR count). The second-order valence-corrected chi connectivity index (χ2v) is 16.5. The summed E-state index contributed by atoms with van der Waals surface area (Å²) in [6.07, 6.45) is 13.7. The van der Waals surface area contributed by atoms with Gasteiger partial charge in [0.05, 0.1) is 6.10 Å². The Morgan fingerprint density at radius 2 is 1.66 bits per heavy atom. The number of aliphatic hydroxyl groups excluding tert-OH is 1. The van der Waals surface area contributed by atoms with Crippen molar-refractivity contribution in [3.63, 3.8) is 0 Å². The molecule has 1 aromatic carbocycles. The normalized spacial score (nSPS) is 39.6. The quantitative estimate of drug-likeness (QED) is 0.289. The van der Waals surface area contributed by atoms with Gasteiger partial charge in [-0.3, -0.25) is 0 Å². The number of rotatable bonds is 6. The lowest BCUT2D eigenvalue weighted by molar-refractivity contribution is -0.0962. The Bertz CT molecular complexity index is 1080. The summed E-state index contributed by atoms with van der Waals surface area (Å²) in [5.41, 5.74) is 6.18. The molecule has 8 atom stereocenters. The minimum atomic E-state index is -0.147. The molecule has 4 aliphatic carbocycles. The zero-order valence-electron chi connectivity index (χ0n) is 25.6. The number of benzene rings is 1. The van der Waals surface area contributed by atoms with Gasteiger partial charge in [-0.25, -0.2) is 0 Å². The zero-order chi connectivity index (χ0) is 27.5. The minimum Gasteiger partial charge on any atom is -0.393 e. The Kier molecular flexibility index (Phi) is 7.61. The molecule has 0 saturated heterocycles. The Morgan fingerprint density at radius 3 is 2.34 bits per heavy atom. The van der Waals surface area contributed by atoms with Crippen LogP contribution in [0.25, 0.3) is 0 Å². The van der Waals surface area contributed by atoms with Crippen molar-refractivity contribution in [1.29, 1.82) is 0 Å². The van der Waals surface area contributed by atoms with Gasteiger partial charge in [0.15, 0.2) is 0 Å². The molecule has 0 heterocycles. The molecule has 2 saturated carbocycles. The van der Waals surface area contributed by atoms with Gasteiger partial charge in [-0.15, -0.1) is 11.8 Å². The number of fused-ring (bicyclic) bond motifs is 4. The highest BCUT2D eigenvalue weighted by atomic mass is 32.2. The van der Waals surface area contributed by atoms with Crippen LogP contribution in [0.15, 0.2) is 58.0 Å². The lowest BCUT2D eigenvalue weighted by atomic mass is 9.43. The molecular weight excluding hydrogens is 480 g/mol. The van der Waals surface area contributed by atoms with Crippen molar-refractivity contribution < 1.29 is 5.11 Å². The first-order valence-electron chi connectivity index (χ1n) is 15.6. The third-order valence-corrected chi connectivity index (χ3v) is 13.8. The van der Waals surface area contributed by atoms with Crippen molar-refractivity contribution in [2.24, 2.45) is 39.4 Å². The molecule has 2 heteroatoms. The molecule has 0 amide bonds. The van der Waals surface area contributed by atoms with Crippen LogP contribution in [0, 0.1) is 39.4 Å². The van der Waals surface area contributed by atoms with E-state index in [-0.39, 0.29) is 16.9 Å². The molecule has 1 N–H and O–H groups in total. The van der Waals surface area contributed by atoms with Gasteiger partial charge in [0.2, 0.25) is 0 Å². The van der Waals surface area contributed by atoms with Gasteiger partial charge in [0.25, 0.3) is 0 Å². The van der Waals surface area contributed by atoms with E-state index in [2.05, 4.69) is 104 Å². The van der Waals surface area contributed by atoms with Gasteiger partial charge in [-0.2, -0.15) is 0 Å². The van der Waals surface area contributed by atoms with Crippen LogP contribution in [-0.2, 0) is 0 Å². The van der Waals surface area contributed by atoms with E-state index in [0.29, 0.717) is 22.0 Å². The number of aliphatic hydroxyl groups is 1. The fourth-order valence-electron chi connectivity index (χ4n) is 10.4. The van der Waals surface area contributed by atoms with Crippen LogP contribution in [0.5, 0.6) is 0 Å². The highest BCUT2D eigenvalue weighted by Gasteiger charge is 2.63. The first-order chi connectivity index (χ1) is 17.8. The van der Waals surface area contributed by atoms with Crippen LogP contribution >= 0.6 is 11.8 Å². The summed E-state index contributed by atoms with van der Waals surface area (Å²) in [7, 11) is 0. The Balaban J connectivity index is 1.41. The molecule has 2 fully saturated rings. The Hall–Kier alpha value is -0.990. The Morgan fingerprint density at radius 1 is 0.947 bits per heavy atom. The average molecular weight is 535 g/mol. The van der Waals surface area contributed by atoms with Crippen LogP contribution in [0.3, 0.4) is 0 Å². The SMILES string of the molecule is CC(C)=CC(CC(C)C1CCC2(C)C3=C(CCC12C)C1(C)CCC(O)C(C)(C)C1CC3)Sc1ccccc1. The molecular formula is C36H54OS. The number of allylic oxidation sites excluding steroid dienone is 3. The molecule has 1 aromatic rings. The van der Waals surface area contributed by atoms with E-state index < -0.39 is 0 Å². The van der Waals surface area contributed by atoms with E-state index in [4.69, 9.17) is 0 Å². The van der Waals surface area contributed by atoms with Crippen molar-refractivity contribution >= 4 is 11.8 Å². The second-order valence-electron chi connectivity index (χ2n) is 15.2. The van der Waals surface area contributed by atoms with Crippen LogP contribution in [0.1, 0.15) is 113 Å². The third kappa shape index (κ3) is 4.49. The van der Waals surface area contributed by atoms with Gasteiger partial charge in [-0.05, 0) is 123 Å². The molecule has 1 nitrogen and oxygen atoms in total. The summed E-state index contributed by atoms with van der Waals surface area (Å²) < 4.78 is 0. The summed E-state index contributed by atoms with van der Waals surface area (Å²) in [6, 6.07) is 11.0. The zero-order valence-corrected chi connectivity index (χ0v) is 26.4. The van der Waals surface area contributed by atoms with Gasteiger partial charge in [0, 0.05) is 10.1 Å². The topological polar surface area (TPSA) is 20.2 Å². The van der Waals surface area contributed by atoms with Crippen LogP contribution in [-0.4, -0.2) is 16.5 Å². The van der Waals surface area contributed by atoms with Crippen LogP contribution in [0.2, 0.25) is 0 Å². The number of hydrogen-bond donors (Lipinski definition) is 1. The van der Waals surface area contributed by atoms with Crippen molar-refractivity contribution in [3.05, 3.63) is 53.1 Å². The smallest absolute Gasteiger partial charge is 0.0594 e. The summed E-state index contributed by atoms with van der Waals surface area (Å²) in [5.74, 6) is 2.12. The van der Waals surface area contributed by atoms with Crippen molar-refractivity contribution in [1.82, 2.24) is 0 Å². The standard InChI is InChI=1S/C36H54OS/c1-24(2)22-27(38-26-12-10-9-11-13-26)23-25(3)28-16-20-36(8)30-14-15-31-33(4,5)32(37)18-19-34(31,6)29(30)17-21-35(28,36)7/h9-13,22,25,27-28,31-32,37H,14-21,23H2,1-8H3. The maximum absolute atomic E-state index is 10.9. The van der Waals surface area contributed by atoms with Crippen molar-refractivity contribution in [2.75, 3.05) is 0 Å². The maximum atomic E-state index is 10.9. The van der Waals surface area contributed by atoms with E-state index in [1.54, 1.807) is 0 Å². The molecule has 0 aliphatic heterocycles. The van der Waals surface area contributed by atoms with Crippen molar-refractivity contribution in [3.8, 4) is 0 Å². The molecule has 8 unspecified atom stereocenters. The fourth-order valence-corrected chi connectivity index (χ4v) is 11.8. The largest absolute Gasteiger partial charge is 0.393 e. The molecule has 0 radical (unpaired) electrons. The molecule has 38 heavy (non-hydrogen) atoms. The van der Waals surface area contributed by atoms with Gasteiger partial charge < -0.3 is 5.11 Å².